The zero-order chi connectivity index (χ0) is 12.3. The average Bonchev–Trinajstić information content (AvgIpc) is 2.40. The van der Waals surface area contributed by atoms with E-state index < -0.39 is 5.60 Å². The SMILES string of the molecule is CCN1CCC(O)(c2cncc(OC)c2)CC1. The predicted molar refractivity (Wildman–Crippen MR) is 66.0 cm³/mol. The molecule has 94 valence electrons. The minimum atomic E-state index is -0.743. The van der Waals surface area contributed by atoms with Crippen LogP contribution in [0.15, 0.2) is 18.5 Å². The van der Waals surface area contributed by atoms with Gasteiger partial charge in [0.25, 0.3) is 0 Å². The van der Waals surface area contributed by atoms with Crippen LogP contribution in [0.25, 0.3) is 0 Å². The van der Waals surface area contributed by atoms with Gasteiger partial charge in [-0.2, -0.15) is 0 Å². The number of aliphatic hydroxyl groups is 1. The number of aromatic nitrogens is 1. The lowest BCUT2D eigenvalue weighted by atomic mass is 9.85. The maximum atomic E-state index is 10.7. The molecule has 1 aromatic rings. The molecular formula is C13H20N2O2. The molecule has 1 N–H and O–H groups in total. The summed E-state index contributed by atoms with van der Waals surface area (Å²) in [5, 5.41) is 10.7. The fourth-order valence-corrected chi connectivity index (χ4v) is 2.31. The molecule has 0 aromatic carbocycles. The van der Waals surface area contributed by atoms with Crippen molar-refractivity contribution in [3.05, 3.63) is 24.0 Å². The van der Waals surface area contributed by atoms with Crippen LogP contribution < -0.4 is 4.74 Å². The molecule has 0 unspecified atom stereocenters. The first kappa shape index (κ1) is 12.3. The smallest absolute Gasteiger partial charge is 0.137 e. The van der Waals surface area contributed by atoms with Gasteiger partial charge in [-0.3, -0.25) is 4.98 Å². The number of nitrogens with zero attached hydrogens (tertiary/aromatic N) is 2. The number of rotatable bonds is 3. The zero-order valence-electron chi connectivity index (χ0n) is 10.5. The Morgan fingerprint density at radius 1 is 1.41 bits per heavy atom. The van der Waals surface area contributed by atoms with Gasteiger partial charge in [0.15, 0.2) is 0 Å². The highest BCUT2D eigenvalue weighted by Gasteiger charge is 2.34. The van der Waals surface area contributed by atoms with Crippen molar-refractivity contribution < 1.29 is 9.84 Å². The fraction of sp³-hybridized carbons (Fsp3) is 0.615. The van der Waals surface area contributed by atoms with Crippen molar-refractivity contribution in [2.75, 3.05) is 26.7 Å². The number of hydrogen-bond donors (Lipinski definition) is 1. The van der Waals surface area contributed by atoms with Gasteiger partial charge in [0.1, 0.15) is 5.75 Å². The second kappa shape index (κ2) is 5.02. The Labute approximate surface area is 102 Å². The van der Waals surface area contributed by atoms with E-state index >= 15 is 0 Å². The van der Waals surface area contributed by atoms with Gasteiger partial charge in [-0.15, -0.1) is 0 Å². The molecule has 4 nitrogen and oxygen atoms in total. The fourth-order valence-electron chi connectivity index (χ4n) is 2.31. The topological polar surface area (TPSA) is 45.6 Å². The lowest BCUT2D eigenvalue weighted by Crippen LogP contribution is -2.42. The molecule has 2 heterocycles. The predicted octanol–water partition coefficient (Wildman–Crippen LogP) is 1.39. The van der Waals surface area contributed by atoms with Gasteiger partial charge < -0.3 is 14.7 Å². The largest absolute Gasteiger partial charge is 0.495 e. The van der Waals surface area contributed by atoms with E-state index in [0.717, 1.165) is 38.0 Å². The van der Waals surface area contributed by atoms with Gasteiger partial charge in [0, 0.05) is 24.8 Å². The molecular weight excluding hydrogens is 216 g/mol. The zero-order valence-corrected chi connectivity index (χ0v) is 10.5. The van der Waals surface area contributed by atoms with Crippen LogP contribution in [0.3, 0.4) is 0 Å². The molecule has 0 aliphatic carbocycles. The Kier molecular flexibility index (Phi) is 3.64. The van der Waals surface area contributed by atoms with Crippen LogP contribution in [0.5, 0.6) is 5.75 Å². The Morgan fingerprint density at radius 2 is 2.12 bits per heavy atom. The van der Waals surface area contributed by atoms with E-state index in [4.69, 9.17) is 4.74 Å². The molecule has 0 saturated carbocycles. The molecule has 1 fully saturated rings. The summed E-state index contributed by atoms with van der Waals surface area (Å²) in [7, 11) is 1.62. The van der Waals surface area contributed by atoms with Crippen molar-refractivity contribution in [3.8, 4) is 5.75 Å². The van der Waals surface area contributed by atoms with Crippen LogP contribution in [0.4, 0.5) is 0 Å². The lowest BCUT2D eigenvalue weighted by Gasteiger charge is -2.37. The molecule has 2 rings (SSSR count). The Balaban J connectivity index is 2.15. The summed E-state index contributed by atoms with van der Waals surface area (Å²) < 4.78 is 5.15. The van der Waals surface area contributed by atoms with E-state index in [1.54, 1.807) is 19.5 Å². The molecule has 0 spiro atoms. The van der Waals surface area contributed by atoms with E-state index in [9.17, 15) is 5.11 Å². The van der Waals surface area contributed by atoms with E-state index in [1.807, 2.05) is 6.07 Å². The second-order valence-corrected chi connectivity index (χ2v) is 4.58. The first-order valence-electron chi connectivity index (χ1n) is 6.12. The summed E-state index contributed by atoms with van der Waals surface area (Å²) in [5.74, 6) is 0.703. The van der Waals surface area contributed by atoms with Crippen LogP contribution in [-0.4, -0.2) is 41.7 Å². The highest BCUT2D eigenvalue weighted by Crippen LogP contribution is 2.33. The van der Waals surface area contributed by atoms with E-state index in [-0.39, 0.29) is 0 Å². The first-order valence-corrected chi connectivity index (χ1v) is 6.12. The van der Waals surface area contributed by atoms with Crippen molar-refractivity contribution >= 4 is 0 Å². The Morgan fingerprint density at radius 3 is 2.71 bits per heavy atom. The van der Waals surface area contributed by atoms with Gasteiger partial charge in [-0.25, -0.2) is 0 Å². The number of methoxy groups -OCH3 is 1. The molecule has 1 aliphatic heterocycles. The lowest BCUT2D eigenvalue weighted by molar-refractivity contribution is -0.0250. The van der Waals surface area contributed by atoms with E-state index in [2.05, 4.69) is 16.8 Å². The third-order valence-electron chi connectivity index (χ3n) is 3.62. The van der Waals surface area contributed by atoms with Crippen LogP contribution in [0.2, 0.25) is 0 Å². The summed E-state index contributed by atoms with van der Waals surface area (Å²) in [6, 6.07) is 1.88. The molecule has 0 radical (unpaired) electrons. The van der Waals surface area contributed by atoms with Crippen LogP contribution in [0, 0.1) is 0 Å². The van der Waals surface area contributed by atoms with Crippen molar-refractivity contribution in [1.29, 1.82) is 0 Å². The number of likely N-dealkylation sites (tertiary alicyclic amines) is 1. The summed E-state index contributed by atoms with van der Waals surface area (Å²) in [6.07, 6.45) is 4.92. The molecule has 0 bridgehead atoms. The van der Waals surface area contributed by atoms with Crippen molar-refractivity contribution in [2.45, 2.75) is 25.4 Å². The molecule has 17 heavy (non-hydrogen) atoms. The number of pyridine rings is 1. The normalized spacial score (nSPS) is 20.2. The maximum Gasteiger partial charge on any atom is 0.137 e. The number of ether oxygens (including phenoxy) is 1. The summed E-state index contributed by atoms with van der Waals surface area (Å²) in [5.41, 5.74) is 0.125. The third kappa shape index (κ3) is 2.58. The highest BCUT2D eigenvalue weighted by atomic mass is 16.5. The Hall–Kier alpha value is -1.13. The van der Waals surface area contributed by atoms with Crippen molar-refractivity contribution in [1.82, 2.24) is 9.88 Å². The quantitative estimate of drug-likeness (QED) is 0.861. The van der Waals surface area contributed by atoms with Crippen LogP contribution in [0.1, 0.15) is 25.3 Å². The standard InChI is InChI=1S/C13H20N2O2/c1-3-15-6-4-13(16,5-7-15)11-8-12(17-2)10-14-9-11/h8-10,16H,3-7H2,1-2H3. The van der Waals surface area contributed by atoms with Crippen molar-refractivity contribution in [3.63, 3.8) is 0 Å². The number of hydrogen-bond acceptors (Lipinski definition) is 4. The second-order valence-electron chi connectivity index (χ2n) is 4.58. The Bertz CT molecular complexity index is 373. The van der Waals surface area contributed by atoms with Crippen molar-refractivity contribution in [2.24, 2.45) is 0 Å². The summed E-state index contributed by atoms with van der Waals surface area (Å²) >= 11 is 0. The van der Waals surface area contributed by atoms with Gasteiger partial charge in [-0.05, 0) is 25.5 Å². The highest BCUT2D eigenvalue weighted by molar-refractivity contribution is 5.28. The minimum absolute atomic E-state index is 0.703. The molecule has 0 atom stereocenters. The third-order valence-corrected chi connectivity index (χ3v) is 3.62. The molecule has 1 aliphatic rings. The summed E-state index contributed by atoms with van der Waals surface area (Å²) in [6.45, 7) is 5.07. The molecule has 1 saturated heterocycles. The minimum Gasteiger partial charge on any atom is -0.495 e. The van der Waals surface area contributed by atoms with Gasteiger partial charge in [0.2, 0.25) is 0 Å². The summed E-state index contributed by atoms with van der Waals surface area (Å²) in [4.78, 5) is 6.47. The van der Waals surface area contributed by atoms with Crippen LogP contribution >= 0.6 is 0 Å². The van der Waals surface area contributed by atoms with Gasteiger partial charge in [0.05, 0.1) is 18.9 Å². The van der Waals surface area contributed by atoms with Crippen LogP contribution in [-0.2, 0) is 5.60 Å². The monoisotopic (exact) mass is 236 g/mol. The number of piperidine rings is 1. The molecule has 1 aromatic heterocycles. The van der Waals surface area contributed by atoms with E-state index in [0.29, 0.717) is 5.75 Å². The van der Waals surface area contributed by atoms with Gasteiger partial charge >= 0.3 is 0 Å². The average molecular weight is 236 g/mol. The molecule has 0 amide bonds. The van der Waals surface area contributed by atoms with Gasteiger partial charge in [-0.1, -0.05) is 6.92 Å². The van der Waals surface area contributed by atoms with E-state index in [1.165, 1.54) is 0 Å². The first-order chi connectivity index (χ1) is 8.18. The maximum absolute atomic E-state index is 10.7. The molecule has 4 heteroatoms.